The predicted molar refractivity (Wildman–Crippen MR) is 74.9 cm³/mol. The van der Waals surface area contributed by atoms with Crippen LogP contribution in [0.5, 0.6) is 0 Å². The van der Waals surface area contributed by atoms with E-state index in [0.29, 0.717) is 0 Å². The van der Waals surface area contributed by atoms with E-state index in [2.05, 4.69) is 17.3 Å². The number of hydrogen-bond donors (Lipinski definition) is 1. The Labute approximate surface area is 121 Å². The lowest BCUT2D eigenvalue weighted by atomic mass is 10.2. The van der Waals surface area contributed by atoms with E-state index in [0.717, 1.165) is 50.0 Å². The fourth-order valence-corrected chi connectivity index (χ4v) is 2.02. The smallest absolute Gasteiger partial charge is 0.194 e. The summed E-state index contributed by atoms with van der Waals surface area (Å²) in [5.41, 5.74) is 1.14. The van der Waals surface area contributed by atoms with Gasteiger partial charge in [-0.25, -0.2) is 17.9 Å². The minimum Gasteiger partial charge on any atom is -0.317 e. The molecule has 6 heteroatoms. The first-order valence-corrected chi connectivity index (χ1v) is 7.01. The summed E-state index contributed by atoms with van der Waals surface area (Å²) in [7, 11) is 0. The molecule has 0 amide bonds. The van der Waals surface area contributed by atoms with Crippen LogP contribution < -0.4 is 5.32 Å². The Morgan fingerprint density at radius 3 is 2.52 bits per heavy atom. The molecule has 0 radical (unpaired) electrons. The highest BCUT2D eigenvalue weighted by Crippen LogP contribution is 2.17. The van der Waals surface area contributed by atoms with Crippen molar-refractivity contribution in [1.29, 1.82) is 0 Å². The molecule has 0 fully saturated rings. The minimum atomic E-state index is -1.46. The molecule has 1 N–H and O–H groups in total. The molecule has 0 spiro atoms. The fourth-order valence-electron chi connectivity index (χ4n) is 2.02. The summed E-state index contributed by atoms with van der Waals surface area (Å²) in [5, 5.41) is 7.35. The van der Waals surface area contributed by atoms with Gasteiger partial charge in [-0.05, 0) is 37.9 Å². The van der Waals surface area contributed by atoms with E-state index in [4.69, 9.17) is 0 Å². The Morgan fingerprint density at radius 2 is 1.86 bits per heavy atom. The summed E-state index contributed by atoms with van der Waals surface area (Å²) in [6, 6.07) is 1.86. The molecule has 0 bridgehead atoms. The summed E-state index contributed by atoms with van der Waals surface area (Å²) in [6.45, 7) is 4.02. The van der Waals surface area contributed by atoms with E-state index in [9.17, 15) is 13.2 Å². The molecule has 1 aromatic carbocycles. The molecular formula is C15H18F3N3. The molecule has 0 aliphatic heterocycles. The molecule has 0 aliphatic rings. The van der Waals surface area contributed by atoms with Crippen molar-refractivity contribution < 1.29 is 13.2 Å². The molecule has 0 atom stereocenters. The second-order valence-corrected chi connectivity index (χ2v) is 4.87. The number of nitrogens with one attached hydrogen (secondary N) is 1. The van der Waals surface area contributed by atoms with Crippen LogP contribution in [-0.2, 0) is 6.42 Å². The average Bonchev–Trinajstić information content (AvgIpc) is 2.93. The average molecular weight is 297 g/mol. The zero-order valence-electron chi connectivity index (χ0n) is 11.9. The van der Waals surface area contributed by atoms with Crippen molar-refractivity contribution in [3.63, 3.8) is 0 Å². The Kier molecular flexibility index (Phi) is 5.38. The molecule has 21 heavy (non-hydrogen) atoms. The predicted octanol–water partition coefficient (Wildman–Crippen LogP) is 3.22. The number of benzene rings is 1. The van der Waals surface area contributed by atoms with Gasteiger partial charge in [0, 0.05) is 18.3 Å². The van der Waals surface area contributed by atoms with Crippen molar-refractivity contribution in [1.82, 2.24) is 15.1 Å². The Hall–Kier alpha value is -1.82. The second kappa shape index (κ2) is 7.26. The maximum absolute atomic E-state index is 13.2. The van der Waals surface area contributed by atoms with Crippen LogP contribution in [0.2, 0.25) is 0 Å². The molecule has 1 aromatic heterocycles. The van der Waals surface area contributed by atoms with Gasteiger partial charge in [-0.15, -0.1) is 0 Å². The van der Waals surface area contributed by atoms with Crippen molar-refractivity contribution in [2.24, 2.45) is 0 Å². The van der Waals surface area contributed by atoms with E-state index in [-0.39, 0.29) is 5.69 Å². The summed E-state index contributed by atoms with van der Waals surface area (Å²) in [6.07, 6.45) is 6.23. The van der Waals surface area contributed by atoms with Crippen molar-refractivity contribution in [3.8, 4) is 5.69 Å². The number of halogens is 3. The maximum atomic E-state index is 13.2. The van der Waals surface area contributed by atoms with Crippen LogP contribution in [0.25, 0.3) is 5.69 Å². The molecule has 114 valence electrons. The van der Waals surface area contributed by atoms with Crippen LogP contribution in [0.3, 0.4) is 0 Å². The minimum absolute atomic E-state index is 0.168. The number of nitrogens with zero attached hydrogens (tertiary/aromatic N) is 2. The van der Waals surface area contributed by atoms with Crippen molar-refractivity contribution in [3.05, 3.63) is 47.5 Å². The lowest BCUT2D eigenvalue weighted by molar-refractivity contribution is 0.446. The fraction of sp³-hybridized carbons (Fsp3) is 0.400. The van der Waals surface area contributed by atoms with Gasteiger partial charge in [-0.1, -0.05) is 6.92 Å². The first-order valence-electron chi connectivity index (χ1n) is 7.01. The molecule has 2 rings (SSSR count). The molecule has 0 aliphatic carbocycles. The molecule has 0 saturated carbocycles. The normalized spacial score (nSPS) is 11.0. The lowest BCUT2D eigenvalue weighted by Crippen LogP contribution is -2.16. The van der Waals surface area contributed by atoms with Crippen LogP contribution in [-0.4, -0.2) is 22.9 Å². The van der Waals surface area contributed by atoms with E-state index in [1.54, 1.807) is 12.4 Å². The number of hydrogen-bond acceptors (Lipinski definition) is 2. The van der Waals surface area contributed by atoms with E-state index in [1.165, 1.54) is 4.68 Å². The van der Waals surface area contributed by atoms with Gasteiger partial charge < -0.3 is 5.32 Å². The quantitative estimate of drug-likeness (QED) is 0.628. The Bertz CT molecular complexity index is 573. The van der Waals surface area contributed by atoms with Crippen molar-refractivity contribution in [2.45, 2.75) is 26.2 Å². The highest BCUT2D eigenvalue weighted by molar-refractivity contribution is 5.33. The van der Waals surface area contributed by atoms with E-state index in [1.807, 2.05) is 0 Å². The summed E-state index contributed by atoms with van der Waals surface area (Å²) in [5.74, 6) is -3.90. The largest absolute Gasteiger partial charge is 0.317 e. The standard InChI is InChI=1S/C15H18F3N3/c1-2-5-19-6-3-4-11-9-20-21(10-11)12-7-13(16)15(18)14(17)8-12/h7-10,19H,2-6H2,1H3. The topological polar surface area (TPSA) is 29.9 Å². The summed E-state index contributed by atoms with van der Waals surface area (Å²) >= 11 is 0. The SMILES string of the molecule is CCCNCCCc1cnn(-c2cc(F)c(F)c(F)c2)c1. The third-order valence-corrected chi connectivity index (χ3v) is 3.11. The zero-order valence-corrected chi connectivity index (χ0v) is 11.9. The monoisotopic (exact) mass is 297 g/mol. The van der Waals surface area contributed by atoms with Gasteiger partial charge in [-0.3, -0.25) is 0 Å². The summed E-state index contributed by atoms with van der Waals surface area (Å²) in [4.78, 5) is 0. The maximum Gasteiger partial charge on any atom is 0.194 e. The number of rotatable bonds is 7. The number of aromatic nitrogens is 2. The summed E-state index contributed by atoms with van der Waals surface area (Å²) < 4.78 is 40.6. The van der Waals surface area contributed by atoms with Gasteiger partial charge in [0.1, 0.15) is 0 Å². The van der Waals surface area contributed by atoms with Crippen LogP contribution in [0.4, 0.5) is 13.2 Å². The van der Waals surface area contributed by atoms with Gasteiger partial charge in [0.15, 0.2) is 17.5 Å². The lowest BCUT2D eigenvalue weighted by Gasteiger charge is -2.03. The van der Waals surface area contributed by atoms with Gasteiger partial charge in [0.2, 0.25) is 0 Å². The first kappa shape index (κ1) is 15.6. The van der Waals surface area contributed by atoms with Gasteiger partial charge in [0.05, 0.1) is 11.9 Å². The Balaban J connectivity index is 1.99. The van der Waals surface area contributed by atoms with Crippen molar-refractivity contribution >= 4 is 0 Å². The molecule has 0 unspecified atom stereocenters. The second-order valence-electron chi connectivity index (χ2n) is 4.87. The molecule has 2 aromatic rings. The molecule has 3 nitrogen and oxygen atoms in total. The zero-order chi connectivity index (χ0) is 15.2. The molecule has 1 heterocycles. The number of aryl methyl sites for hydroxylation is 1. The van der Waals surface area contributed by atoms with Crippen LogP contribution in [0.1, 0.15) is 25.3 Å². The van der Waals surface area contributed by atoms with E-state index >= 15 is 0 Å². The highest BCUT2D eigenvalue weighted by atomic mass is 19.2. The third-order valence-electron chi connectivity index (χ3n) is 3.11. The van der Waals surface area contributed by atoms with Gasteiger partial charge in [-0.2, -0.15) is 5.10 Å². The van der Waals surface area contributed by atoms with E-state index < -0.39 is 17.5 Å². The first-order chi connectivity index (χ1) is 10.1. The Morgan fingerprint density at radius 1 is 1.14 bits per heavy atom. The van der Waals surface area contributed by atoms with Crippen LogP contribution in [0, 0.1) is 17.5 Å². The van der Waals surface area contributed by atoms with Gasteiger partial charge in [0.25, 0.3) is 0 Å². The van der Waals surface area contributed by atoms with Gasteiger partial charge >= 0.3 is 0 Å². The molecule has 0 saturated heterocycles. The van der Waals surface area contributed by atoms with Crippen LogP contribution in [0.15, 0.2) is 24.5 Å². The highest BCUT2D eigenvalue weighted by Gasteiger charge is 2.12. The molecular weight excluding hydrogens is 279 g/mol. The van der Waals surface area contributed by atoms with Crippen molar-refractivity contribution in [2.75, 3.05) is 13.1 Å². The third kappa shape index (κ3) is 4.07. The van der Waals surface area contributed by atoms with Crippen LogP contribution >= 0.6 is 0 Å².